The van der Waals surface area contributed by atoms with Gasteiger partial charge in [-0.15, -0.1) is 0 Å². The molecule has 2 aromatic rings. The summed E-state index contributed by atoms with van der Waals surface area (Å²) < 4.78 is 59.9. The first kappa shape index (κ1) is 26.1. The van der Waals surface area contributed by atoms with Crippen LogP contribution >= 0.6 is 0 Å². The summed E-state index contributed by atoms with van der Waals surface area (Å²) in [6.07, 6.45) is 0. The maximum absolute atomic E-state index is 12.8. The van der Waals surface area contributed by atoms with Crippen LogP contribution < -0.4 is 14.8 Å². The third-order valence-electron chi connectivity index (χ3n) is 5.39. The van der Waals surface area contributed by atoms with E-state index in [4.69, 9.17) is 4.74 Å². The normalized spacial score (nSPS) is 16.7. The number of benzene rings is 2. The van der Waals surface area contributed by atoms with E-state index in [0.29, 0.717) is 44.2 Å². The number of sulfonamides is 2. The van der Waals surface area contributed by atoms with Crippen molar-refractivity contribution in [1.29, 1.82) is 0 Å². The number of hydrogen-bond donors (Lipinski definition) is 2. The van der Waals surface area contributed by atoms with Crippen molar-refractivity contribution in [3.05, 3.63) is 48.5 Å². The van der Waals surface area contributed by atoms with Crippen LogP contribution in [-0.2, 0) is 24.8 Å². The Hall–Kier alpha value is -2.51. The minimum absolute atomic E-state index is 0.00840. The predicted octanol–water partition coefficient (Wildman–Crippen LogP) is 1.33. The fourth-order valence-corrected chi connectivity index (χ4v) is 6.00. The fourth-order valence-electron chi connectivity index (χ4n) is 3.37. The van der Waals surface area contributed by atoms with Crippen LogP contribution in [0.5, 0.6) is 5.75 Å². The fraction of sp³-hybridized carbons (Fsp3) is 0.409. The van der Waals surface area contributed by atoms with Gasteiger partial charge in [0, 0.05) is 31.9 Å². The third kappa shape index (κ3) is 6.33. The largest absolute Gasteiger partial charge is 0.494 e. The number of nitrogens with zero attached hydrogens (tertiary/aromatic N) is 2. The highest BCUT2D eigenvalue weighted by atomic mass is 32.2. The number of ether oxygens (including phenoxy) is 1. The number of hydrogen-bond acceptors (Lipinski definition) is 7. The first-order valence-corrected chi connectivity index (χ1v) is 13.8. The Bertz CT molecular complexity index is 1190. The molecule has 1 aliphatic heterocycles. The van der Waals surface area contributed by atoms with Gasteiger partial charge in [-0.2, -0.15) is 9.03 Å². The van der Waals surface area contributed by atoms with Crippen molar-refractivity contribution in [1.82, 2.24) is 13.9 Å². The first-order valence-electron chi connectivity index (χ1n) is 10.9. The van der Waals surface area contributed by atoms with Gasteiger partial charge in [-0.3, -0.25) is 4.79 Å². The summed E-state index contributed by atoms with van der Waals surface area (Å²) in [5.41, 5.74) is 0.356. The van der Waals surface area contributed by atoms with Gasteiger partial charge in [-0.1, -0.05) is 0 Å². The molecule has 1 heterocycles. The summed E-state index contributed by atoms with van der Waals surface area (Å²) in [6, 6.07) is 10.6. The van der Waals surface area contributed by atoms with E-state index >= 15 is 0 Å². The molecule has 2 aromatic carbocycles. The molecule has 2 N–H and O–H groups in total. The van der Waals surface area contributed by atoms with Crippen molar-refractivity contribution < 1.29 is 26.4 Å². The van der Waals surface area contributed by atoms with Crippen LogP contribution in [-0.4, -0.2) is 77.8 Å². The molecule has 0 bridgehead atoms. The van der Waals surface area contributed by atoms with Gasteiger partial charge in [0.05, 0.1) is 22.4 Å². The number of nitrogens with one attached hydrogen (secondary N) is 2. The molecule has 1 atom stereocenters. The zero-order valence-corrected chi connectivity index (χ0v) is 21.0. The lowest BCUT2D eigenvalue weighted by Crippen LogP contribution is -2.47. The molecule has 1 saturated heterocycles. The second kappa shape index (κ2) is 10.8. The van der Waals surface area contributed by atoms with E-state index in [9.17, 15) is 21.6 Å². The Kier molecular flexibility index (Phi) is 8.31. The van der Waals surface area contributed by atoms with E-state index in [1.54, 1.807) is 12.1 Å². The Labute approximate surface area is 201 Å². The van der Waals surface area contributed by atoms with Crippen LogP contribution in [0, 0.1) is 0 Å². The molecule has 12 heteroatoms. The number of likely N-dealkylation sites (N-methyl/N-ethyl adjacent to an activating group) is 1. The summed E-state index contributed by atoms with van der Waals surface area (Å²) in [7, 11) is -5.60. The number of piperazine rings is 1. The molecule has 0 radical (unpaired) electrons. The van der Waals surface area contributed by atoms with Crippen LogP contribution in [0.1, 0.15) is 13.8 Å². The highest BCUT2D eigenvalue weighted by Crippen LogP contribution is 2.20. The quantitative estimate of drug-likeness (QED) is 0.521. The van der Waals surface area contributed by atoms with Crippen molar-refractivity contribution in [2.75, 3.05) is 45.2 Å². The maximum atomic E-state index is 12.8. The van der Waals surface area contributed by atoms with E-state index in [1.807, 2.05) is 14.0 Å². The van der Waals surface area contributed by atoms with Crippen molar-refractivity contribution in [2.45, 2.75) is 29.7 Å². The Balaban J connectivity index is 1.61. The van der Waals surface area contributed by atoms with E-state index < -0.39 is 32.0 Å². The molecule has 0 aromatic heterocycles. The Morgan fingerprint density at radius 3 is 2.06 bits per heavy atom. The summed E-state index contributed by atoms with van der Waals surface area (Å²) in [5.74, 6) is -0.0329. The molecule has 0 spiro atoms. The van der Waals surface area contributed by atoms with Gasteiger partial charge in [-0.05, 0) is 69.4 Å². The summed E-state index contributed by atoms with van der Waals surface area (Å²) in [4.78, 5) is 14.7. The Morgan fingerprint density at radius 2 is 1.50 bits per heavy atom. The van der Waals surface area contributed by atoms with Crippen LogP contribution in [0.2, 0.25) is 0 Å². The molecular formula is C22H30N4O6S2. The molecular weight excluding hydrogens is 480 g/mol. The summed E-state index contributed by atoms with van der Waals surface area (Å²) >= 11 is 0. The number of rotatable bonds is 9. The summed E-state index contributed by atoms with van der Waals surface area (Å²) in [6.45, 7) is 5.88. The topological polar surface area (TPSA) is 125 Å². The van der Waals surface area contributed by atoms with Gasteiger partial charge in [0.25, 0.3) is 0 Å². The van der Waals surface area contributed by atoms with Gasteiger partial charge >= 0.3 is 0 Å². The molecule has 0 saturated carbocycles. The van der Waals surface area contributed by atoms with Crippen LogP contribution in [0.25, 0.3) is 0 Å². The van der Waals surface area contributed by atoms with Gasteiger partial charge in [0.15, 0.2) is 0 Å². The highest BCUT2D eigenvalue weighted by Gasteiger charge is 2.27. The van der Waals surface area contributed by atoms with Crippen molar-refractivity contribution >= 4 is 31.6 Å². The van der Waals surface area contributed by atoms with Crippen LogP contribution in [0.4, 0.5) is 5.69 Å². The molecule has 34 heavy (non-hydrogen) atoms. The smallest absolute Gasteiger partial charge is 0.243 e. The third-order valence-corrected chi connectivity index (χ3v) is 8.86. The van der Waals surface area contributed by atoms with E-state index in [1.165, 1.54) is 47.6 Å². The molecule has 1 fully saturated rings. The minimum Gasteiger partial charge on any atom is -0.494 e. The molecule has 186 valence electrons. The highest BCUT2D eigenvalue weighted by molar-refractivity contribution is 7.89. The zero-order valence-electron chi connectivity index (χ0n) is 19.4. The average Bonchev–Trinajstić information content (AvgIpc) is 2.80. The number of carbonyl (C=O) groups excluding carboxylic acids is 1. The van der Waals surface area contributed by atoms with Gasteiger partial charge in [-0.25, -0.2) is 16.8 Å². The van der Waals surface area contributed by atoms with Gasteiger partial charge in [0.1, 0.15) is 5.75 Å². The second-order valence-electron chi connectivity index (χ2n) is 7.97. The minimum atomic E-state index is -3.93. The lowest BCUT2D eigenvalue weighted by molar-refractivity contribution is -0.117. The zero-order chi connectivity index (χ0) is 24.9. The van der Waals surface area contributed by atoms with Crippen molar-refractivity contribution in [2.24, 2.45) is 0 Å². The molecule has 1 aliphatic rings. The van der Waals surface area contributed by atoms with Gasteiger partial charge < -0.3 is 15.0 Å². The number of carbonyl (C=O) groups is 1. The number of anilines is 1. The molecule has 0 aliphatic carbocycles. The predicted molar refractivity (Wildman–Crippen MR) is 129 cm³/mol. The lowest BCUT2D eigenvalue weighted by atomic mass is 10.3. The van der Waals surface area contributed by atoms with E-state index in [0.717, 1.165) is 0 Å². The summed E-state index contributed by atoms with van der Waals surface area (Å²) in [5, 5.41) is 2.60. The van der Waals surface area contributed by atoms with Crippen LogP contribution in [0.3, 0.4) is 0 Å². The number of amides is 1. The maximum Gasteiger partial charge on any atom is 0.243 e. The van der Waals surface area contributed by atoms with Crippen LogP contribution in [0.15, 0.2) is 58.3 Å². The van der Waals surface area contributed by atoms with E-state index in [2.05, 4.69) is 14.9 Å². The molecule has 0 unspecified atom stereocenters. The van der Waals surface area contributed by atoms with Crippen molar-refractivity contribution in [3.63, 3.8) is 0 Å². The Morgan fingerprint density at radius 1 is 0.941 bits per heavy atom. The standard InChI is InChI=1S/C22H30N4O6S2/c1-4-32-19-7-11-20(12-8-19)33(28,29)24-17(2)22(27)23-18-5-9-21(10-6-18)34(30,31)26-15-13-25(3)14-16-26/h5-12,17,24H,4,13-16H2,1-3H3,(H,23,27)/t17-/m0/s1. The first-order chi connectivity index (χ1) is 16.0. The van der Waals surface area contributed by atoms with Crippen molar-refractivity contribution in [3.8, 4) is 5.75 Å². The lowest BCUT2D eigenvalue weighted by Gasteiger charge is -2.31. The average molecular weight is 511 g/mol. The molecule has 1 amide bonds. The monoisotopic (exact) mass is 510 g/mol. The molecule has 3 rings (SSSR count). The van der Waals surface area contributed by atoms with Gasteiger partial charge in [0.2, 0.25) is 26.0 Å². The SMILES string of the molecule is CCOc1ccc(S(=O)(=O)N[C@@H](C)C(=O)Nc2ccc(S(=O)(=O)N3CCN(C)CC3)cc2)cc1. The second-order valence-corrected chi connectivity index (χ2v) is 11.6. The van der Waals surface area contributed by atoms with E-state index in [-0.39, 0.29) is 9.79 Å². The molecule has 10 nitrogen and oxygen atoms in total.